The van der Waals surface area contributed by atoms with Crippen molar-refractivity contribution in [3.8, 4) is 0 Å². The van der Waals surface area contributed by atoms with Gasteiger partial charge in [0.25, 0.3) is 0 Å². The second kappa shape index (κ2) is 4.55. The summed E-state index contributed by atoms with van der Waals surface area (Å²) in [6.45, 7) is 2.64. The minimum absolute atomic E-state index is 0.0748. The van der Waals surface area contributed by atoms with Gasteiger partial charge in [0.05, 0.1) is 17.8 Å². The number of ether oxygens (including phenoxy) is 1. The van der Waals surface area contributed by atoms with Crippen LogP contribution < -0.4 is 0 Å². The quantitative estimate of drug-likeness (QED) is 0.885. The van der Waals surface area contributed by atoms with Gasteiger partial charge in [-0.15, -0.1) is 0 Å². The number of rotatable bonds is 2. The maximum atomic E-state index is 12.4. The van der Waals surface area contributed by atoms with Crippen molar-refractivity contribution in [2.75, 3.05) is 13.2 Å². The Hall–Kier alpha value is -1.07. The highest BCUT2D eigenvalue weighted by atomic mass is 19.4. The summed E-state index contributed by atoms with van der Waals surface area (Å²) in [5.74, 6) is -0.0748. The number of alkyl halides is 3. The van der Waals surface area contributed by atoms with Gasteiger partial charge in [-0.1, -0.05) is 12.1 Å². The van der Waals surface area contributed by atoms with Gasteiger partial charge in [0.15, 0.2) is 0 Å². The van der Waals surface area contributed by atoms with Crippen LogP contribution in [0.3, 0.4) is 0 Å². The van der Waals surface area contributed by atoms with Crippen LogP contribution in [0.5, 0.6) is 0 Å². The number of aliphatic hydroxyl groups is 1. The highest BCUT2D eigenvalue weighted by Crippen LogP contribution is 2.36. The Morgan fingerprint density at radius 2 is 1.72 bits per heavy atom. The van der Waals surface area contributed by atoms with E-state index in [9.17, 15) is 18.3 Å². The van der Waals surface area contributed by atoms with Crippen molar-refractivity contribution in [2.24, 2.45) is 5.92 Å². The van der Waals surface area contributed by atoms with Crippen molar-refractivity contribution in [1.82, 2.24) is 0 Å². The first-order valence-corrected chi connectivity index (χ1v) is 5.79. The van der Waals surface area contributed by atoms with Crippen molar-refractivity contribution in [2.45, 2.75) is 25.1 Å². The third kappa shape index (κ3) is 2.52. The zero-order valence-electron chi connectivity index (χ0n) is 10.00. The molecule has 1 aromatic rings. The van der Waals surface area contributed by atoms with Crippen LogP contribution in [0.1, 0.15) is 24.5 Å². The molecular formula is C13H15F3O2. The van der Waals surface area contributed by atoms with E-state index in [4.69, 9.17) is 4.74 Å². The molecule has 2 unspecified atom stereocenters. The first-order chi connectivity index (χ1) is 8.32. The first kappa shape index (κ1) is 13.4. The molecule has 1 saturated heterocycles. The van der Waals surface area contributed by atoms with Gasteiger partial charge >= 0.3 is 6.18 Å². The fraction of sp³-hybridized carbons (Fsp3) is 0.538. The van der Waals surface area contributed by atoms with Crippen LogP contribution >= 0.6 is 0 Å². The minimum atomic E-state index is -4.35. The van der Waals surface area contributed by atoms with Crippen molar-refractivity contribution in [1.29, 1.82) is 0 Å². The standard InChI is InChI=1S/C13H15F3O2/c1-12(17,11-6-7-18-8-11)9-2-4-10(5-3-9)13(14,15)16/h2-5,11,17H,6-8H2,1H3. The maximum Gasteiger partial charge on any atom is 0.416 e. The molecule has 1 N–H and O–H groups in total. The molecule has 18 heavy (non-hydrogen) atoms. The lowest BCUT2D eigenvalue weighted by atomic mass is 9.82. The summed E-state index contributed by atoms with van der Waals surface area (Å²) in [7, 11) is 0. The summed E-state index contributed by atoms with van der Waals surface area (Å²) >= 11 is 0. The van der Waals surface area contributed by atoms with Gasteiger partial charge in [0, 0.05) is 12.5 Å². The molecule has 1 aliphatic rings. The van der Waals surface area contributed by atoms with E-state index in [1.165, 1.54) is 12.1 Å². The predicted molar refractivity (Wildman–Crippen MR) is 59.9 cm³/mol. The zero-order valence-corrected chi connectivity index (χ0v) is 10.00. The lowest BCUT2D eigenvalue weighted by Gasteiger charge is -2.29. The van der Waals surface area contributed by atoms with Crippen molar-refractivity contribution < 1.29 is 23.0 Å². The van der Waals surface area contributed by atoms with E-state index >= 15 is 0 Å². The van der Waals surface area contributed by atoms with Crippen molar-refractivity contribution in [3.05, 3.63) is 35.4 Å². The Balaban J connectivity index is 2.23. The summed E-state index contributed by atoms with van der Waals surface area (Å²) in [4.78, 5) is 0. The number of benzene rings is 1. The molecule has 1 heterocycles. The molecule has 0 bridgehead atoms. The predicted octanol–water partition coefficient (Wildman–Crippen LogP) is 2.95. The van der Waals surface area contributed by atoms with Crippen LogP contribution in [0.4, 0.5) is 13.2 Å². The Bertz CT molecular complexity index is 403. The van der Waals surface area contributed by atoms with Crippen LogP contribution in [-0.2, 0) is 16.5 Å². The SMILES string of the molecule is CC(O)(c1ccc(C(F)(F)F)cc1)C1CCOC1. The molecule has 1 aliphatic heterocycles. The molecule has 2 atom stereocenters. The summed E-state index contributed by atoms with van der Waals surface area (Å²) in [5, 5.41) is 10.4. The summed E-state index contributed by atoms with van der Waals surface area (Å²) in [5.41, 5.74) is -1.36. The third-order valence-electron chi connectivity index (χ3n) is 3.52. The average Bonchev–Trinajstić information content (AvgIpc) is 2.82. The van der Waals surface area contributed by atoms with E-state index in [2.05, 4.69) is 0 Å². The summed E-state index contributed by atoms with van der Waals surface area (Å²) in [6.07, 6.45) is -3.63. The molecule has 2 nitrogen and oxygen atoms in total. The molecule has 5 heteroatoms. The van der Waals surface area contributed by atoms with Crippen LogP contribution in [0, 0.1) is 5.92 Å². The third-order valence-corrected chi connectivity index (χ3v) is 3.52. The van der Waals surface area contributed by atoms with Crippen LogP contribution in [0.2, 0.25) is 0 Å². The Kier molecular flexibility index (Phi) is 3.38. The number of hydrogen-bond donors (Lipinski definition) is 1. The zero-order chi connectivity index (χ0) is 13.4. The van der Waals surface area contributed by atoms with Crippen molar-refractivity contribution in [3.63, 3.8) is 0 Å². The Morgan fingerprint density at radius 1 is 1.17 bits per heavy atom. The molecule has 1 fully saturated rings. The van der Waals surface area contributed by atoms with E-state index in [0.717, 1.165) is 12.1 Å². The van der Waals surface area contributed by atoms with Gasteiger partial charge in [0.2, 0.25) is 0 Å². The van der Waals surface area contributed by atoms with Crippen molar-refractivity contribution >= 4 is 0 Å². The van der Waals surface area contributed by atoms with Crippen LogP contribution in [0.15, 0.2) is 24.3 Å². The van der Waals surface area contributed by atoms with Gasteiger partial charge in [-0.3, -0.25) is 0 Å². The van der Waals surface area contributed by atoms with E-state index in [0.29, 0.717) is 25.2 Å². The largest absolute Gasteiger partial charge is 0.416 e. The highest BCUT2D eigenvalue weighted by Gasteiger charge is 2.37. The fourth-order valence-electron chi connectivity index (χ4n) is 2.21. The number of hydrogen-bond acceptors (Lipinski definition) is 2. The highest BCUT2D eigenvalue weighted by molar-refractivity contribution is 5.29. The molecule has 0 saturated carbocycles. The lowest BCUT2D eigenvalue weighted by molar-refractivity contribution is -0.137. The van der Waals surface area contributed by atoms with Gasteiger partial charge in [-0.25, -0.2) is 0 Å². The van der Waals surface area contributed by atoms with E-state index < -0.39 is 17.3 Å². The van der Waals surface area contributed by atoms with E-state index in [1.54, 1.807) is 6.92 Å². The Labute approximate surface area is 103 Å². The second-order valence-corrected chi connectivity index (χ2v) is 4.78. The van der Waals surface area contributed by atoms with Crippen LogP contribution in [-0.4, -0.2) is 18.3 Å². The van der Waals surface area contributed by atoms with E-state index in [1.807, 2.05) is 0 Å². The Morgan fingerprint density at radius 3 is 2.17 bits per heavy atom. The molecule has 0 aromatic heterocycles. The molecule has 0 spiro atoms. The molecule has 0 radical (unpaired) electrons. The fourth-order valence-corrected chi connectivity index (χ4v) is 2.21. The van der Waals surface area contributed by atoms with Gasteiger partial charge < -0.3 is 9.84 Å². The smallest absolute Gasteiger partial charge is 0.385 e. The minimum Gasteiger partial charge on any atom is -0.385 e. The molecule has 1 aromatic carbocycles. The average molecular weight is 260 g/mol. The van der Waals surface area contributed by atoms with Gasteiger partial charge in [0.1, 0.15) is 0 Å². The van der Waals surface area contributed by atoms with Gasteiger partial charge in [-0.05, 0) is 31.0 Å². The lowest BCUT2D eigenvalue weighted by Crippen LogP contribution is -2.32. The molecule has 100 valence electrons. The normalized spacial score (nSPS) is 23.9. The molecule has 2 rings (SSSR count). The number of halogens is 3. The summed E-state index contributed by atoms with van der Waals surface area (Å²) in [6, 6.07) is 4.67. The molecular weight excluding hydrogens is 245 g/mol. The molecule has 0 aliphatic carbocycles. The van der Waals surface area contributed by atoms with Gasteiger partial charge in [-0.2, -0.15) is 13.2 Å². The van der Waals surface area contributed by atoms with E-state index in [-0.39, 0.29) is 5.92 Å². The monoisotopic (exact) mass is 260 g/mol. The summed E-state index contributed by atoms with van der Waals surface area (Å²) < 4.78 is 42.5. The topological polar surface area (TPSA) is 29.5 Å². The molecule has 0 amide bonds. The maximum absolute atomic E-state index is 12.4. The van der Waals surface area contributed by atoms with Crippen LogP contribution in [0.25, 0.3) is 0 Å². The second-order valence-electron chi connectivity index (χ2n) is 4.78. The first-order valence-electron chi connectivity index (χ1n) is 5.79.